The summed E-state index contributed by atoms with van der Waals surface area (Å²) in [5.74, 6) is -0.507. The van der Waals surface area contributed by atoms with E-state index in [1.807, 2.05) is 20.8 Å². The fourth-order valence-corrected chi connectivity index (χ4v) is 3.19. The molecular formula is C11H20N2O3S. The summed E-state index contributed by atoms with van der Waals surface area (Å²) in [6.45, 7) is 6.60. The molecule has 5 nitrogen and oxygen atoms in total. The lowest BCUT2D eigenvalue weighted by Gasteiger charge is -2.26. The Morgan fingerprint density at radius 3 is 2.76 bits per heavy atom. The number of hydrogen-bond donors (Lipinski definition) is 2. The molecule has 1 heterocycles. The molecule has 1 saturated heterocycles. The van der Waals surface area contributed by atoms with E-state index in [2.05, 4.69) is 5.32 Å². The van der Waals surface area contributed by atoms with Crippen LogP contribution in [0.2, 0.25) is 0 Å². The first-order valence-electron chi connectivity index (χ1n) is 5.86. The van der Waals surface area contributed by atoms with E-state index < -0.39 is 12.0 Å². The molecule has 2 N–H and O–H groups in total. The fourth-order valence-electron chi connectivity index (χ4n) is 2.00. The zero-order valence-corrected chi connectivity index (χ0v) is 11.3. The van der Waals surface area contributed by atoms with Crippen LogP contribution in [0.25, 0.3) is 0 Å². The summed E-state index contributed by atoms with van der Waals surface area (Å²) in [6.07, 6.45) is 0.350. The summed E-state index contributed by atoms with van der Waals surface area (Å²) < 4.78 is 0. The lowest BCUT2D eigenvalue weighted by atomic mass is 10.2. The van der Waals surface area contributed by atoms with Crippen LogP contribution in [0.15, 0.2) is 0 Å². The van der Waals surface area contributed by atoms with Gasteiger partial charge in [0.25, 0.3) is 0 Å². The molecule has 0 saturated carbocycles. The molecule has 6 heteroatoms. The van der Waals surface area contributed by atoms with E-state index in [4.69, 9.17) is 5.11 Å². The predicted molar refractivity (Wildman–Crippen MR) is 67.9 cm³/mol. The minimum atomic E-state index is -0.911. The highest BCUT2D eigenvalue weighted by Crippen LogP contribution is 2.29. The second-order valence-electron chi connectivity index (χ2n) is 4.25. The maximum Gasteiger partial charge on any atom is 0.327 e. The lowest BCUT2D eigenvalue weighted by Crippen LogP contribution is -2.46. The van der Waals surface area contributed by atoms with Crippen molar-refractivity contribution >= 4 is 23.6 Å². The Morgan fingerprint density at radius 1 is 1.59 bits per heavy atom. The van der Waals surface area contributed by atoms with Crippen LogP contribution in [0.1, 0.15) is 27.2 Å². The normalized spacial score (nSPS) is 25.9. The topological polar surface area (TPSA) is 69.6 Å². The van der Waals surface area contributed by atoms with Gasteiger partial charge in [0.2, 0.25) is 5.91 Å². The molecule has 3 atom stereocenters. The van der Waals surface area contributed by atoms with Gasteiger partial charge in [0.1, 0.15) is 6.04 Å². The second-order valence-corrected chi connectivity index (χ2v) is 5.60. The number of carbonyl (C=O) groups excluding carboxylic acids is 1. The Balaban J connectivity index is 2.62. The van der Waals surface area contributed by atoms with Crippen molar-refractivity contribution in [2.24, 2.45) is 0 Å². The summed E-state index contributed by atoms with van der Waals surface area (Å²) in [4.78, 5) is 24.6. The quantitative estimate of drug-likeness (QED) is 0.763. The number of rotatable bonds is 5. The number of hydrogen-bond acceptors (Lipinski definition) is 4. The van der Waals surface area contributed by atoms with Gasteiger partial charge >= 0.3 is 5.97 Å². The van der Waals surface area contributed by atoms with Crippen molar-refractivity contribution in [3.63, 3.8) is 0 Å². The van der Waals surface area contributed by atoms with Gasteiger partial charge in [-0.25, -0.2) is 4.79 Å². The van der Waals surface area contributed by atoms with E-state index in [-0.39, 0.29) is 17.3 Å². The zero-order chi connectivity index (χ0) is 13.0. The summed E-state index contributed by atoms with van der Waals surface area (Å²) in [6, 6.07) is -0.587. The van der Waals surface area contributed by atoms with Gasteiger partial charge in [0.15, 0.2) is 0 Å². The molecule has 1 fully saturated rings. The van der Waals surface area contributed by atoms with Crippen LogP contribution in [0, 0.1) is 0 Å². The Kier molecular flexibility index (Phi) is 5.27. The first-order valence-corrected chi connectivity index (χ1v) is 6.91. The average molecular weight is 260 g/mol. The molecule has 1 aliphatic heterocycles. The van der Waals surface area contributed by atoms with Crippen LogP contribution in [0.5, 0.6) is 0 Å². The molecule has 1 rings (SSSR count). The number of carbonyl (C=O) groups is 2. The van der Waals surface area contributed by atoms with Crippen molar-refractivity contribution < 1.29 is 14.7 Å². The summed E-state index contributed by atoms with van der Waals surface area (Å²) >= 11 is 1.51. The van der Waals surface area contributed by atoms with Crippen LogP contribution in [0.4, 0.5) is 0 Å². The largest absolute Gasteiger partial charge is 0.480 e. The molecule has 0 radical (unpaired) electrons. The number of thioether (sulfide) groups is 1. The maximum atomic E-state index is 12.1. The minimum absolute atomic E-state index is 0.0440. The van der Waals surface area contributed by atoms with Gasteiger partial charge in [0, 0.05) is 18.2 Å². The highest BCUT2D eigenvalue weighted by Gasteiger charge is 2.39. The van der Waals surface area contributed by atoms with Gasteiger partial charge in [-0.3, -0.25) is 4.79 Å². The van der Waals surface area contributed by atoms with E-state index in [9.17, 15) is 9.59 Å². The molecule has 98 valence electrons. The number of nitrogens with one attached hydrogen (secondary N) is 1. The fraction of sp³-hybridized carbons (Fsp3) is 0.818. The Morgan fingerprint density at radius 2 is 2.24 bits per heavy atom. The smallest absolute Gasteiger partial charge is 0.327 e. The first-order chi connectivity index (χ1) is 7.97. The van der Waals surface area contributed by atoms with Crippen LogP contribution in [-0.4, -0.2) is 51.6 Å². The predicted octanol–water partition coefficient (Wildman–Crippen LogP) is 0.749. The van der Waals surface area contributed by atoms with Gasteiger partial charge in [-0.1, -0.05) is 6.92 Å². The SMILES string of the molecule is CCNC(C)CC(=O)N1C(C)SCC1C(=O)O. The summed E-state index contributed by atoms with van der Waals surface area (Å²) in [5, 5.41) is 12.2. The van der Waals surface area contributed by atoms with Gasteiger partial charge in [0.05, 0.1) is 5.37 Å². The molecule has 0 aromatic carbocycles. The van der Waals surface area contributed by atoms with Crippen LogP contribution in [-0.2, 0) is 9.59 Å². The molecule has 0 spiro atoms. The molecule has 3 unspecified atom stereocenters. The summed E-state index contributed by atoms with van der Waals surface area (Å²) in [5.41, 5.74) is 0. The highest BCUT2D eigenvalue weighted by atomic mass is 32.2. The van der Waals surface area contributed by atoms with Gasteiger partial charge < -0.3 is 15.3 Å². The summed E-state index contributed by atoms with van der Waals surface area (Å²) in [7, 11) is 0. The second kappa shape index (κ2) is 6.26. The van der Waals surface area contributed by atoms with Gasteiger partial charge in [-0.05, 0) is 20.4 Å². The van der Waals surface area contributed by atoms with Crippen molar-refractivity contribution in [1.29, 1.82) is 0 Å². The molecule has 0 aromatic heterocycles. The number of nitrogens with zero attached hydrogens (tertiary/aromatic N) is 1. The van der Waals surface area contributed by atoms with E-state index >= 15 is 0 Å². The zero-order valence-electron chi connectivity index (χ0n) is 10.5. The Hall–Kier alpha value is -0.750. The lowest BCUT2D eigenvalue weighted by molar-refractivity contribution is -0.149. The highest BCUT2D eigenvalue weighted by molar-refractivity contribution is 8.00. The third-order valence-corrected chi connectivity index (χ3v) is 4.05. The monoisotopic (exact) mass is 260 g/mol. The molecule has 1 amide bonds. The number of amides is 1. The van der Waals surface area contributed by atoms with Crippen molar-refractivity contribution in [1.82, 2.24) is 10.2 Å². The van der Waals surface area contributed by atoms with Crippen LogP contribution < -0.4 is 5.32 Å². The standard InChI is InChI=1S/C11H20N2O3S/c1-4-12-7(2)5-10(14)13-8(3)17-6-9(13)11(15)16/h7-9,12H,4-6H2,1-3H3,(H,15,16). The molecule has 0 bridgehead atoms. The maximum absolute atomic E-state index is 12.1. The Bertz CT molecular complexity index is 298. The van der Waals surface area contributed by atoms with E-state index in [0.717, 1.165) is 6.54 Å². The van der Waals surface area contributed by atoms with E-state index in [0.29, 0.717) is 12.2 Å². The van der Waals surface area contributed by atoms with Crippen molar-refractivity contribution in [2.75, 3.05) is 12.3 Å². The van der Waals surface area contributed by atoms with Gasteiger partial charge in [-0.15, -0.1) is 11.8 Å². The van der Waals surface area contributed by atoms with Crippen LogP contribution in [0.3, 0.4) is 0 Å². The molecule has 1 aliphatic rings. The third-order valence-electron chi connectivity index (χ3n) is 2.83. The number of carboxylic acid groups (broad SMARTS) is 1. The van der Waals surface area contributed by atoms with Crippen molar-refractivity contribution in [3.05, 3.63) is 0 Å². The molecule has 0 aliphatic carbocycles. The van der Waals surface area contributed by atoms with Gasteiger partial charge in [-0.2, -0.15) is 0 Å². The third kappa shape index (κ3) is 3.61. The average Bonchev–Trinajstić information content (AvgIpc) is 2.60. The minimum Gasteiger partial charge on any atom is -0.480 e. The first kappa shape index (κ1) is 14.3. The molecule has 0 aromatic rings. The van der Waals surface area contributed by atoms with E-state index in [1.165, 1.54) is 16.7 Å². The number of aliphatic carboxylic acids is 1. The molecular weight excluding hydrogens is 240 g/mol. The van der Waals surface area contributed by atoms with Crippen LogP contribution >= 0.6 is 11.8 Å². The van der Waals surface area contributed by atoms with Crippen molar-refractivity contribution in [3.8, 4) is 0 Å². The van der Waals surface area contributed by atoms with E-state index in [1.54, 1.807) is 0 Å². The Labute approximate surface area is 106 Å². The molecule has 17 heavy (non-hydrogen) atoms. The number of carboxylic acids is 1. The van der Waals surface area contributed by atoms with Crippen molar-refractivity contribution in [2.45, 2.75) is 44.6 Å².